The van der Waals surface area contributed by atoms with Crippen LogP contribution in [-0.2, 0) is 10.3 Å². The van der Waals surface area contributed by atoms with E-state index in [9.17, 15) is 13.2 Å². The highest BCUT2D eigenvalue weighted by Crippen LogP contribution is 2.53. The first-order chi connectivity index (χ1) is 13.3. The van der Waals surface area contributed by atoms with Gasteiger partial charge in [0.05, 0.1) is 12.1 Å². The molecule has 146 valence electrons. The summed E-state index contributed by atoms with van der Waals surface area (Å²) in [6.07, 6.45) is -4.22. The van der Waals surface area contributed by atoms with Gasteiger partial charge in [-0.05, 0) is 37.1 Å². The summed E-state index contributed by atoms with van der Waals surface area (Å²) in [4.78, 5) is 0. The van der Waals surface area contributed by atoms with Crippen molar-refractivity contribution >= 4 is 17.3 Å². The lowest BCUT2D eigenvalue weighted by molar-refractivity contribution is -0.273. The largest absolute Gasteiger partial charge is 0.497 e. The minimum atomic E-state index is -4.78. The molecule has 28 heavy (non-hydrogen) atoms. The Hall–Kier alpha value is -2.36. The van der Waals surface area contributed by atoms with Gasteiger partial charge in [-0.15, -0.1) is 0 Å². The number of anilines is 1. The lowest BCUT2D eigenvalue weighted by Crippen LogP contribution is -2.49. The molecular formula is C21H17ClF3NO2. The van der Waals surface area contributed by atoms with Crippen molar-refractivity contribution in [1.82, 2.24) is 0 Å². The molecule has 1 fully saturated rings. The van der Waals surface area contributed by atoms with Crippen LogP contribution < -0.4 is 10.1 Å². The van der Waals surface area contributed by atoms with E-state index in [0.717, 1.165) is 12.8 Å². The summed E-state index contributed by atoms with van der Waals surface area (Å²) in [6, 6.07) is 11.2. The summed E-state index contributed by atoms with van der Waals surface area (Å²) in [7, 11) is 1.52. The van der Waals surface area contributed by atoms with Crippen LogP contribution >= 0.6 is 11.6 Å². The van der Waals surface area contributed by atoms with Crippen molar-refractivity contribution in [2.75, 3.05) is 12.4 Å². The topological polar surface area (TPSA) is 30.5 Å². The number of ether oxygens (including phenoxy) is 2. The molecule has 2 unspecified atom stereocenters. The maximum absolute atomic E-state index is 14.4. The molecule has 3 nitrogen and oxygen atoms in total. The van der Waals surface area contributed by atoms with Crippen molar-refractivity contribution in [2.24, 2.45) is 5.92 Å². The third kappa shape index (κ3) is 3.30. The third-order valence-corrected chi connectivity index (χ3v) is 5.11. The molecule has 2 atom stereocenters. The van der Waals surface area contributed by atoms with E-state index in [2.05, 4.69) is 17.2 Å². The van der Waals surface area contributed by atoms with Crippen LogP contribution in [0.5, 0.6) is 5.75 Å². The molecule has 1 N–H and O–H groups in total. The van der Waals surface area contributed by atoms with Gasteiger partial charge in [0.25, 0.3) is 5.60 Å². The lowest BCUT2D eigenvalue weighted by Gasteiger charge is -2.41. The van der Waals surface area contributed by atoms with Gasteiger partial charge in [-0.3, -0.25) is 0 Å². The molecule has 0 bridgehead atoms. The van der Waals surface area contributed by atoms with E-state index >= 15 is 0 Å². The highest BCUT2D eigenvalue weighted by Gasteiger charge is 2.61. The van der Waals surface area contributed by atoms with Crippen LogP contribution in [-0.4, -0.2) is 13.3 Å². The molecule has 0 saturated heterocycles. The Morgan fingerprint density at radius 3 is 2.50 bits per heavy atom. The first kappa shape index (κ1) is 19.0. The molecular weight excluding hydrogens is 391 g/mol. The van der Waals surface area contributed by atoms with E-state index in [-0.39, 0.29) is 22.2 Å². The van der Waals surface area contributed by atoms with Gasteiger partial charge < -0.3 is 14.8 Å². The summed E-state index contributed by atoms with van der Waals surface area (Å²) in [5, 5.41) is 2.97. The number of fused-ring (bicyclic) bond motifs is 1. The standard InChI is InChI=1S/C21H17ClF3NO2/c1-27-15-9-7-14(8-10-15)19-26-17-4-2-3-16(22)18(17)20(28-19,21(23,24)25)12-11-13-5-6-13/h2-4,7-10,13,19,26H,5-6H2,1H3. The molecule has 1 aliphatic carbocycles. The zero-order chi connectivity index (χ0) is 19.9. The van der Waals surface area contributed by atoms with Crippen LogP contribution in [0.25, 0.3) is 0 Å². The number of hydrogen-bond donors (Lipinski definition) is 1. The second-order valence-corrected chi connectivity index (χ2v) is 7.21. The van der Waals surface area contributed by atoms with E-state index in [1.54, 1.807) is 36.4 Å². The van der Waals surface area contributed by atoms with Gasteiger partial charge >= 0.3 is 6.18 Å². The zero-order valence-electron chi connectivity index (χ0n) is 14.9. The molecule has 2 aromatic rings. The van der Waals surface area contributed by atoms with Gasteiger partial charge in [0.15, 0.2) is 6.23 Å². The Kier molecular flexibility index (Phi) is 4.68. The highest BCUT2D eigenvalue weighted by atomic mass is 35.5. The number of nitrogens with one attached hydrogen (secondary N) is 1. The number of rotatable bonds is 2. The van der Waals surface area contributed by atoms with Crippen molar-refractivity contribution in [2.45, 2.75) is 30.8 Å². The molecule has 1 saturated carbocycles. The summed E-state index contributed by atoms with van der Waals surface area (Å²) < 4.78 is 54.0. The molecule has 0 aromatic heterocycles. The monoisotopic (exact) mass is 407 g/mol. The van der Waals surface area contributed by atoms with Gasteiger partial charge in [-0.2, -0.15) is 13.2 Å². The van der Waals surface area contributed by atoms with Crippen LogP contribution in [0.3, 0.4) is 0 Å². The van der Waals surface area contributed by atoms with Crippen molar-refractivity contribution in [3.8, 4) is 17.6 Å². The highest BCUT2D eigenvalue weighted by molar-refractivity contribution is 6.32. The fraction of sp³-hybridized carbons (Fsp3) is 0.333. The van der Waals surface area contributed by atoms with Gasteiger partial charge in [0, 0.05) is 22.7 Å². The molecule has 4 rings (SSSR count). The predicted octanol–water partition coefficient (Wildman–Crippen LogP) is 5.66. The lowest BCUT2D eigenvalue weighted by atomic mass is 9.89. The average molecular weight is 408 g/mol. The van der Waals surface area contributed by atoms with Crippen molar-refractivity contribution in [1.29, 1.82) is 0 Å². The average Bonchev–Trinajstić information content (AvgIpc) is 3.49. The first-order valence-electron chi connectivity index (χ1n) is 8.81. The van der Waals surface area contributed by atoms with Gasteiger partial charge in [-0.25, -0.2) is 0 Å². The molecule has 2 aromatic carbocycles. The quantitative estimate of drug-likeness (QED) is 0.651. The summed E-state index contributed by atoms with van der Waals surface area (Å²) in [5.41, 5.74) is -2.23. The van der Waals surface area contributed by atoms with Crippen LogP contribution in [0.4, 0.5) is 18.9 Å². The van der Waals surface area contributed by atoms with Crippen LogP contribution in [0.2, 0.25) is 5.02 Å². The smallest absolute Gasteiger partial charge is 0.433 e. The molecule has 7 heteroatoms. The van der Waals surface area contributed by atoms with Crippen molar-refractivity contribution in [3.05, 3.63) is 58.6 Å². The molecule has 0 amide bonds. The number of methoxy groups -OCH3 is 1. The summed E-state index contributed by atoms with van der Waals surface area (Å²) >= 11 is 6.19. The minimum absolute atomic E-state index is 0.0249. The Morgan fingerprint density at radius 1 is 1.18 bits per heavy atom. The normalized spacial score (nSPS) is 23.8. The Morgan fingerprint density at radius 2 is 1.89 bits per heavy atom. The number of alkyl halides is 3. The number of halogens is 4. The van der Waals surface area contributed by atoms with Gasteiger partial charge in [-0.1, -0.05) is 41.6 Å². The zero-order valence-corrected chi connectivity index (χ0v) is 15.7. The van der Waals surface area contributed by atoms with Gasteiger partial charge in [0.1, 0.15) is 5.75 Å². The maximum Gasteiger partial charge on any atom is 0.433 e. The molecule has 1 heterocycles. The van der Waals surface area contributed by atoms with E-state index in [4.69, 9.17) is 21.1 Å². The van der Waals surface area contributed by atoms with Crippen LogP contribution in [0.15, 0.2) is 42.5 Å². The van der Waals surface area contributed by atoms with Gasteiger partial charge in [0.2, 0.25) is 0 Å². The summed E-state index contributed by atoms with van der Waals surface area (Å²) in [5.74, 6) is 5.71. The van der Waals surface area contributed by atoms with E-state index < -0.39 is 18.0 Å². The second kappa shape index (κ2) is 6.91. The molecule has 2 aliphatic rings. The van der Waals surface area contributed by atoms with Crippen LogP contribution in [0.1, 0.15) is 30.2 Å². The third-order valence-electron chi connectivity index (χ3n) is 4.79. The maximum atomic E-state index is 14.4. The predicted molar refractivity (Wildman–Crippen MR) is 100 cm³/mol. The fourth-order valence-electron chi connectivity index (χ4n) is 3.14. The molecule has 0 spiro atoms. The second-order valence-electron chi connectivity index (χ2n) is 6.80. The Bertz CT molecular complexity index is 945. The van der Waals surface area contributed by atoms with E-state index in [1.165, 1.54) is 13.2 Å². The minimum Gasteiger partial charge on any atom is -0.497 e. The molecule has 0 radical (unpaired) electrons. The fourth-order valence-corrected chi connectivity index (χ4v) is 3.45. The summed E-state index contributed by atoms with van der Waals surface area (Å²) in [6.45, 7) is 0. The Balaban J connectivity index is 1.86. The Labute approximate surface area is 165 Å². The SMILES string of the molecule is COc1ccc(C2Nc3cccc(Cl)c3C(C#CC3CC3)(C(F)(F)F)O2)cc1. The van der Waals surface area contributed by atoms with Crippen molar-refractivity contribution < 1.29 is 22.6 Å². The van der Waals surface area contributed by atoms with Crippen LogP contribution in [0, 0.1) is 17.8 Å². The number of benzene rings is 2. The van der Waals surface area contributed by atoms with Crippen molar-refractivity contribution in [3.63, 3.8) is 0 Å². The molecule has 1 aliphatic heterocycles. The number of hydrogen-bond acceptors (Lipinski definition) is 3. The van der Waals surface area contributed by atoms with E-state index in [0.29, 0.717) is 11.3 Å². The van der Waals surface area contributed by atoms with E-state index in [1.807, 2.05) is 0 Å². The first-order valence-corrected chi connectivity index (χ1v) is 9.18.